The molecule has 0 bridgehead atoms. The summed E-state index contributed by atoms with van der Waals surface area (Å²) in [7, 11) is 0. The van der Waals surface area contributed by atoms with E-state index in [0.717, 1.165) is 49.4 Å². The average Bonchev–Trinajstić information content (AvgIpc) is 2.85. The highest BCUT2D eigenvalue weighted by Crippen LogP contribution is 2.42. The van der Waals surface area contributed by atoms with Gasteiger partial charge >= 0.3 is 5.97 Å². The predicted octanol–water partition coefficient (Wildman–Crippen LogP) is 8.74. The molecule has 0 heterocycles. The van der Waals surface area contributed by atoms with Crippen molar-refractivity contribution in [3.8, 4) is 11.5 Å². The first-order valence-electron chi connectivity index (χ1n) is 14.1. The van der Waals surface area contributed by atoms with Crippen molar-refractivity contribution in [2.24, 2.45) is 23.7 Å². The summed E-state index contributed by atoms with van der Waals surface area (Å²) in [6.45, 7) is 5.26. The fourth-order valence-corrected chi connectivity index (χ4v) is 5.98. The van der Waals surface area contributed by atoms with Crippen LogP contribution < -0.4 is 9.47 Å². The van der Waals surface area contributed by atoms with E-state index in [0.29, 0.717) is 5.75 Å². The molecule has 33 heavy (non-hydrogen) atoms. The van der Waals surface area contributed by atoms with Gasteiger partial charge in [-0.2, -0.15) is 0 Å². The molecule has 0 atom stereocenters. The molecule has 2 fully saturated rings. The third-order valence-electron chi connectivity index (χ3n) is 8.19. The molecule has 0 N–H and O–H groups in total. The predicted molar refractivity (Wildman–Crippen MR) is 137 cm³/mol. The first-order valence-corrected chi connectivity index (χ1v) is 14.1. The average molecular weight is 457 g/mol. The molecule has 0 saturated heterocycles. The Kier molecular flexibility index (Phi) is 11.6. The quantitative estimate of drug-likeness (QED) is 0.169. The van der Waals surface area contributed by atoms with Gasteiger partial charge in [0.05, 0.1) is 12.5 Å². The molecule has 0 unspecified atom stereocenters. The molecule has 2 saturated carbocycles. The van der Waals surface area contributed by atoms with E-state index in [-0.39, 0.29) is 11.9 Å². The number of esters is 1. The van der Waals surface area contributed by atoms with Crippen molar-refractivity contribution in [3.05, 3.63) is 24.3 Å². The van der Waals surface area contributed by atoms with Gasteiger partial charge in [-0.3, -0.25) is 4.79 Å². The van der Waals surface area contributed by atoms with E-state index in [2.05, 4.69) is 13.8 Å². The van der Waals surface area contributed by atoms with Crippen LogP contribution in [0.5, 0.6) is 11.5 Å². The van der Waals surface area contributed by atoms with E-state index in [9.17, 15) is 4.79 Å². The van der Waals surface area contributed by atoms with Crippen molar-refractivity contribution in [3.63, 3.8) is 0 Å². The molecule has 2 aliphatic carbocycles. The van der Waals surface area contributed by atoms with Crippen molar-refractivity contribution in [2.45, 2.75) is 117 Å². The molecule has 0 spiro atoms. The zero-order valence-electron chi connectivity index (χ0n) is 21.4. The maximum absolute atomic E-state index is 12.7. The molecule has 3 heteroatoms. The maximum Gasteiger partial charge on any atom is 0.314 e. The van der Waals surface area contributed by atoms with Crippen LogP contribution in [0, 0.1) is 23.7 Å². The lowest BCUT2D eigenvalue weighted by Crippen LogP contribution is -2.30. The number of carbonyl (C=O) groups is 1. The lowest BCUT2D eigenvalue weighted by Gasteiger charge is -2.37. The van der Waals surface area contributed by atoms with Crippen LogP contribution in [0.1, 0.15) is 117 Å². The number of ether oxygens (including phenoxy) is 2. The number of benzene rings is 1. The Morgan fingerprint density at radius 1 is 0.727 bits per heavy atom. The highest BCUT2D eigenvalue weighted by molar-refractivity contribution is 5.75. The SMILES string of the molecule is CCCCCCOc1ccc(OC(=O)C2CCC(C3CCC(CCCCC)CC3)CC2)cc1. The molecule has 0 aliphatic heterocycles. The van der Waals surface area contributed by atoms with Gasteiger partial charge in [0.15, 0.2) is 0 Å². The van der Waals surface area contributed by atoms with Gasteiger partial charge < -0.3 is 9.47 Å². The summed E-state index contributed by atoms with van der Waals surface area (Å²) >= 11 is 0. The standard InChI is InChI=1S/C30H48O3/c1-3-5-7-9-23-32-28-19-21-29(22-20-28)33-30(31)27-17-15-26(16-18-27)25-13-11-24(12-14-25)10-8-6-4-2/h19-22,24-27H,3-18,23H2,1-2H3. The molecule has 0 aromatic heterocycles. The summed E-state index contributed by atoms with van der Waals surface area (Å²) in [6.07, 6.45) is 20.5. The molecule has 1 aromatic carbocycles. The minimum atomic E-state index is -0.0404. The van der Waals surface area contributed by atoms with Crippen LogP contribution in [0.2, 0.25) is 0 Å². The Morgan fingerprint density at radius 3 is 1.94 bits per heavy atom. The van der Waals surface area contributed by atoms with E-state index in [1.54, 1.807) is 0 Å². The summed E-state index contributed by atoms with van der Waals surface area (Å²) in [5, 5.41) is 0. The first-order chi connectivity index (χ1) is 16.2. The lowest BCUT2D eigenvalue weighted by atomic mass is 9.68. The van der Waals surface area contributed by atoms with Crippen LogP contribution in [0.25, 0.3) is 0 Å². The molecular formula is C30H48O3. The van der Waals surface area contributed by atoms with Crippen LogP contribution in [-0.2, 0) is 4.79 Å². The highest BCUT2D eigenvalue weighted by Gasteiger charge is 2.33. The van der Waals surface area contributed by atoms with E-state index in [1.807, 2.05) is 24.3 Å². The zero-order chi connectivity index (χ0) is 23.3. The fourth-order valence-electron chi connectivity index (χ4n) is 5.98. The van der Waals surface area contributed by atoms with Gasteiger partial charge in [0.2, 0.25) is 0 Å². The van der Waals surface area contributed by atoms with Crippen LogP contribution in [0.3, 0.4) is 0 Å². The number of hydrogen-bond donors (Lipinski definition) is 0. The first kappa shape index (κ1) is 26.1. The minimum absolute atomic E-state index is 0.0404. The smallest absolute Gasteiger partial charge is 0.314 e. The molecule has 3 rings (SSSR count). The third-order valence-corrected chi connectivity index (χ3v) is 8.19. The van der Waals surface area contributed by atoms with Crippen molar-refractivity contribution < 1.29 is 14.3 Å². The van der Waals surface area contributed by atoms with E-state index >= 15 is 0 Å². The van der Waals surface area contributed by atoms with Gasteiger partial charge in [0.1, 0.15) is 11.5 Å². The largest absolute Gasteiger partial charge is 0.494 e. The van der Waals surface area contributed by atoms with Crippen molar-refractivity contribution in [1.29, 1.82) is 0 Å². The van der Waals surface area contributed by atoms with Crippen LogP contribution >= 0.6 is 0 Å². The molecule has 3 nitrogen and oxygen atoms in total. The third kappa shape index (κ3) is 8.98. The van der Waals surface area contributed by atoms with Gasteiger partial charge in [-0.1, -0.05) is 71.6 Å². The maximum atomic E-state index is 12.7. The molecule has 1 aromatic rings. The minimum Gasteiger partial charge on any atom is -0.494 e. The molecule has 0 amide bonds. The Hall–Kier alpha value is -1.51. The summed E-state index contributed by atoms with van der Waals surface area (Å²) in [5.74, 6) is 4.24. The van der Waals surface area contributed by atoms with Crippen molar-refractivity contribution in [1.82, 2.24) is 0 Å². The summed E-state index contributed by atoms with van der Waals surface area (Å²) < 4.78 is 11.5. The molecule has 186 valence electrons. The Bertz CT molecular complexity index is 652. The summed E-state index contributed by atoms with van der Waals surface area (Å²) in [4.78, 5) is 12.7. The zero-order valence-corrected chi connectivity index (χ0v) is 21.4. The normalized spacial score (nSPS) is 25.5. The molecular weight excluding hydrogens is 408 g/mol. The fraction of sp³-hybridized carbons (Fsp3) is 0.767. The second kappa shape index (κ2) is 14.7. The number of hydrogen-bond acceptors (Lipinski definition) is 3. The van der Waals surface area contributed by atoms with E-state index < -0.39 is 0 Å². The van der Waals surface area contributed by atoms with E-state index in [1.165, 1.54) is 83.5 Å². The second-order valence-electron chi connectivity index (χ2n) is 10.7. The van der Waals surface area contributed by atoms with Crippen molar-refractivity contribution in [2.75, 3.05) is 6.61 Å². The van der Waals surface area contributed by atoms with Gasteiger partial charge in [-0.15, -0.1) is 0 Å². The van der Waals surface area contributed by atoms with Crippen LogP contribution in [0.4, 0.5) is 0 Å². The Balaban J connectivity index is 1.32. The number of unbranched alkanes of at least 4 members (excludes halogenated alkanes) is 5. The van der Waals surface area contributed by atoms with Gasteiger partial charge in [0, 0.05) is 0 Å². The van der Waals surface area contributed by atoms with E-state index in [4.69, 9.17) is 9.47 Å². The lowest BCUT2D eigenvalue weighted by molar-refractivity contribution is -0.140. The Labute approximate surface area is 203 Å². The summed E-state index contributed by atoms with van der Waals surface area (Å²) in [6, 6.07) is 7.56. The van der Waals surface area contributed by atoms with Gasteiger partial charge in [0.25, 0.3) is 0 Å². The van der Waals surface area contributed by atoms with Gasteiger partial charge in [-0.25, -0.2) is 0 Å². The van der Waals surface area contributed by atoms with Crippen LogP contribution in [-0.4, -0.2) is 12.6 Å². The second-order valence-corrected chi connectivity index (χ2v) is 10.7. The van der Waals surface area contributed by atoms with Gasteiger partial charge in [-0.05, 0) is 87.0 Å². The number of carbonyl (C=O) groups excluding carboxylic acids is 1. The highest BCUT2D eigenvalue weighted by atomic mass is 16.5. The number of rotatable bonds is 13. The Morgan fingerprint density at radius 2 is 1.30 bits per heavy atom. The van der Waals surface area contributed by atoms with Crippen molar-refractivity contribution >= 4 is 5.97 Å². The monoisotopic (exact) mass is 456 g/mol. The van der Waals surface area contributed by atoms with Crippen LogP contribution in [0.15, 0.2) is 24.3 Å². The molecule has 0 radical (unpaired) electrons. The summed E-state index contributed by atoms with van der Waals surface area (Å²) in [5.41, 5.74) is 0. The molecule has 2 aliphatic rings. The topological polar surface area (TPSA) is 35.5 Å².